The van der Waals surface area contributed by atoms with Crippen molar-refractivity contribution in [1.82, 2.24) is 29.7 Å². The van der Waals surface area contributed by atoms with E-state index in [0.717, 1.165) is 27.6 Å². The van der Waals surface area contributed by atoms with Gasteiger partial charge in [0.25, 0.3) is 5.91 Å². The number of hydrogen-bond acceptors (Lipinski definition) is 6. The smallest absolute Gasteiger partial charge is 0.413 e. The third-order valence-electron chi connectivity index (χ3n) is 6.12. The maximum atomic E-state index is 13.8. The molecule has 5 aromatic rings. The number of rotatable bonds is 5. The van der Waals surface area contributed by atoms with Gasteiger partial charge in [-0.25, -0.2) is 14.3 Å². The van der Waals surface area contributed by atoms with Gasteiger partial charge in [0, 0.05) is 30.4 Å². The number of ether oxygens (including phenoxy) is 1. The minimum atomic E-state index is -0.729. The number of fused-ring (bicyclic) bond motifs is 2. The second kappa shape index (κ2) is 10.0. The lowest BCUT2D eigenvalue weighted by Gasteiger charge is -2.21. The average Bonchev–Trinajstić information content (AvgIpc) is 3.44. The van der Waals surface area contributed by atoms with E-state index in [9.17, 15) is 9.59 Å². The molecule has 10 nitrogen and oxygen atoms in total. The summed E-state index contributed by atoms with van der Waals surface area (Å²) in [6.45, 7) is 7.13. The summed E-state index contributed by atoms with van der Waals surface area (Å²) in [5, 5.41) is 15.8. The second-order valence-corrected chi connectivity index (χ2v) is 10.6. The molecule has 0 aliphatic heterocycles. The predicted octanol–water partition coefficient (Wildman–Crippen LogP) is 5.77. The fraction of sp³-hybridized carbons (Fsp3) is 0.250. The van der Waals surface area contributed by atoms with E-state index < -0.39 is 23.6 Å². The minimum absolute atomic E-state index is 0.0380. The summed E-state index contributed by atoms with van der Waals surface area (Å²) in [4.78, 5) is 30.6. The summed E-state index contributed by atoms with van der Waals surface area (Å²) in [5.41, 5.74) is 3.21. The summed E-state index contributed by atoms with van der Waals surface area (Å²) in [5.74, 6) is -0.432. The predicted molar refractivity (Wildman–Crippen MR) is 150 cm³/mol. The Morgan fingerprint density at radius 2 is 1.87 bits per heavy atom. The van der Waals surface area contributed by atoms with Crippen molar-refractivity contribution in [3.63, 3.8) is 0 Å². The van der Waals surface area contributed by atoms with Crippen LogP contribution in [0.1, 0.15) is 49.7 Å². The Morgan fingerprint density at radius 3 is 2.59 bits per heavy atom. The number of nitrogens with one attached hydrogen (secondary N) is 2. The van der Waals surface area contributed by atoms with Gasteiger partial charge in [-0.3, -0.25) is 14.8 Å². The molecule has 3 aromatic heterocycles. The first-order valence-electron chi connectivity index (χ1n) is 12.4. The van der Waals surface area contributed by atoms with E-state index in [4.69, 9.17) is 16.3 Å². The number of nitrogens with zero attached hydrogens (tertiary/aromatic N) is 5. The maximum Gasteiger partial charge on any atom is 0.413 e. The van der Waals surface area contributed by atoms with E-state index in [-0.39, 0.29) is 17.0 Å². The Morgan fingerprint density at radius 1 is 1.13 bits per heavy atom. The van der Waals surface area contributed by atoms with Crippen LogP contribution in [0.5, 0.6) is 0 Å². The highest BCUT2D eigenvalue weighted by Gasteiger charge is 2.27. The molecule has 0 bridgehead atoms. The molecule has 39 heavy (non-hydrogen) atoms. The summed E-state index contributed by atoms with van der Waals surface area (Å²) >= 11 is 6.68. The molecule has 0 aliphatic carbocycles. The normalized spacial score (nSPS) is 12.5. The lowest BCUT2D eigenvalue weighted by molar-refractivity contribution is 0.0635. The van der Waals surface area contributed by atoms with Gasteiger partial charge in [-0.15, -0.1) is 5.10 Å². The van der Waals surface area contributed by atoms with Crippen molar-refractivity contribution in [2.45, 2.75) is 39.3 Å². The van der Waals surface area contributed by atoms with Crippen molar-refractivity contribution in [3.05, 3.63) is 77.2 Å². The summed E-state index contributed by atoms with van der Waals surface area (Å²) < 4.78 is 8.58. The van der Waals surface area contributed by atoms with E-state index in [1.165, 1.54) is 4.52 Å². The molecule has 5 rings (SSSR count). The molecular formula is C28H28ClN7O3. The first kappa shape index (κ1) is 26.2. The van der Waals surface area contributed by atoms with Gasteiger partial charge in [-0.05, 0) is 51.0 Å². The molecule has 0 saturated heterocycles. The zero-order valence-electron chi connectivity index (χ0n) is 22.2. The monoisotopic (exact) mass is 545 g/mol. The molecule has 200 valence electrons. The lowest BCUT2D eigenvalue weighted by Crippen LogP contribution is -2.30. The molecule has 3 heterocycles. The quantitative estimate of drug-likeness (QED) is 0.289. The molecule has 0 radical (unpaired) electrons. The Hall–Kier alpha value is -4.44. The molecule has 0 fully saturated rings. The van der Waals surface area contributed by atoms with E-state index in [2.05, 4.69) is 25.8 Å². The molecule has 2 aromatic carbocycles. The Balaban J connectivity index is 1.56. The number of carbonyl (C=O) groups excluding carboxylic acids is 2. The van der Waals surface area contributed by atoms with Gasteiger partial charge in [0.15, 0.2) is 11.5 Å². The largest absolute Gasteiger partial charge is 0.444 e. The molecule has 0 spiro atoms. The third-order valence-corrected chi connectivity index (χ3v) is 6.43. The summed E-state index contributed by atoms with van der Waals surface area (Å²) in [6.07, 6.45) is 4.20. The van der Waals surface area contributed by atoms with Crippen LogP contribution in [0.4, 0.5) is 10.6 Å². The standard InChI is InChI=1S/C28H28ClN7O3/c1-16(18-14-20(29)19-15-31-35(5)23(19)21(18)17-10-7-6-8-11-17)32-26(37)22-24(33-27(38)39-28(2,3)4)34-36-13-9-12-30-25(22)36/h6-16H,1-5H3,(H,32,37)(H,33,34,38). The van der Waals surface area contributed by atoms with Gasteiger partial charge < -0.3 is 10.1 Å². The highest BCUT2D eigenvalue weighted by Crippen LogP contribution is 2.39. The van der Waals surface area contributed by atoms with Gasteiger partial charge in [0.05, 0.1) is 22.8 Å². The van der Waals surface area contributed by atoms with Crippen LogP contribution in [0.15, 0.2) is 61.1 Å². The fourth-order valence-corrected chi connectivity index (χ4v) is 4.77. The van der Waals surface area contributed by atoms with Crippen LogP contribution in [0.3, 0.4) is 0 Å². The number of aryl methyl sites for hydroxylation is 1. The van der Waals surface area contributed by atoms with Crippen LogP contribution >= 0.6 is 11.6 Å². The van der Waals surface area contributed by atoms with Crippen LogP contribution in [-0.4, -0.2) is 42.0 Å². The highest BCUT2D eigenvalue weighted by molar-refractivity contribution is 6.36. The van der Waals surface area contributed by atoms with E-state index in [1.54, 1.807) is 50.1 Å². The molecule has 2 amide bonds. The average molecular weight is 546 g/mol. The zero-order chi connectivity index (χ0) is 27.9. The van der Waals surface area contributed by atoms with Crippen molar-refractivity contribution in [2.75, 3.05) is 5.32 Å². The molecule has 2 N–H and O–H groups in total. The van der Waals surface area contributed by atoms with Crippen molar-refractivity contribution >= 4 is 46.0 Å². The fourth-order valence-electron chi connectivity index (χ4n) is 4.51. The van der Waals surface area contributed by atoms with Gasteiger partial charge in [0.1, 0.15) is 11.2 Å². The number of aromatic nitrogens is 5. The SMILES string of the molecule is CC(NC(=O)c1c(NC(=O)OC(C)(C)C)nn2cccnc12)c1cc(Cl)c2cnn(C)c2c1-c1ccccc1. The number of anilines is 1. The molecule has 11 heteroatoms. The van der Waals surface area contributed by atoms with Crippen molar-refractivity contribution in [3.8, 4) is 11.1 Å². The molecule has 0 saturated carbocycles. The van der Waals surface area contributed by atoms with Crippen LogP contribution in [-0.2, 0) is 11.8 Å². The minimum Gasteiger partial charge on any atom is -0.444 e. The van der Waals surface area contributed by atoms with Crippen molar-refractivity contribution < 1.29 is 14.3 Å². The van der Waals surface area contributed by atoms with Gasteiger partial charge in [-0.1, -0.05) is 41.9 Å². The third kappa shape index (κ3) is 5.15. The topological polar surface area (TPSA) is 115 Å². The molecule has 1 atom stereocenters. The molecule has 0 aliphatic rings. The van der Waals surface area contributed by atoms with Crippen LogP contribution in [0.25, 0.3) is 27.7 Å². The Bertz CT molecular complexity index is 1700. The first-order valence-corrected chi connectivity index (χ1v) is 12.7. The second-order valence-electron chi connectivity index (χ2n) is 10.2. The maximum absolute atomic E-state index is 13.8. The Kier molecular flexibility index (Phi) is 6.73. The van der Waals surface area contributed by atoms with Crippen LogP contribution in [0, 0.1) is 0 Å². The van der Waals surface area contributed by atoms with E-state index in [0.29, 0.717) is 5.02 Å². The zero-order valence-corrected chi connectivity index (χ0v) is 22.9. The number of benzene rings is 2. The molecule has 1 unspecified atom stereocenters. The number of halogens is 1. The van der Waals surface area contributed by atoms with Gasteiger partial charge in [0.2, 0.25) is 0 Å². The van der Waals surface area contributed by atoms with Gasteiger partial charge in [-0.2, -0.15) is 5.10 Å². The Labute approximate surface area is 229 Å². The number of hydrogen-bond donors (Lipinski definition) is 2. The summed E-state index contributed by atoms with van der Waals surface area (Å²) in [6, 6.07) is 12.9. The number of amides is 2. The van der Waals surface area contributed by atoms with Gasteiger partial charge >= 0.3 is 6.09 Å². The highest BCUT2D eigenvalue weighted by atomic mass is 35.5. The van der Waals surface area contributed by atoms with Crippen molar-refractivity contribution in [1.29, 1.82) is 0 Å². The lowest BCUT2D eigenvalue weighted by atomic mass is 9.93. The van der Waals surface area contributed by atoms with E-state index in [1.807, 2.05) is 50.4 Å². The number of carbonyl (C=O) groups is 2. The van der Waals surface area contributed by atoms with Crippen molar-refractivity contribution in [2.24, 2.45) is 7.05 Å². The van der Waals surface area contributed by atoms with E-state index >= 15 is 0 Å². The molecular weight excluding hydrogens is 518 g/mol. The summed E-state index contributed by atoms with van der Waals surface area (Å²) in [7, 11) is 1.86. The first-order chi connectivity index (χ1) is 18.5. The van der Waals surface area contributed by atoms with Crippen LogP contribution in [0.2, 0.25) is 5.02 Å². The van der Waals surface area contributed by atoms with Crippen LogP contribution < -0.4 is 10.6 Å².